The lowest BCUT2D eigenvalue weighted by Gasteiger charge is -2.22. The maximum absolute atomic E-state index is 12.6. The Balaban J connectivity index is 1.55. The van der Waals surface area contributed by atoms with Crippen molar-refractivity contribution in [3.8, 4) is 0 Å². The van der Waals surface area contributed by atoms with Crippen LogP contribution in [0.15, 0.2) is 30.3 Å². The van der Waals surface area contributed by atoms with E-state index < -0.39 is 0 Å². The summed E-state index contributed by atoms with van der Waals surface area (Å²) in [5.74, 6) is 1.53. The summed E-state index contributed by atoms with van der Waals surface area (Å²) in [4.78, 5) is 21.8. The van der Waals surface area contributed by atoms with Gasteiger partial charge in [0, 0.05) is 31.6 Å². The Kier molecular flexibility index (Phi) is 3.68. The van der Waals surface area contributed by atoms with Gasteiger partial charge in [-0.3, -0.25) is 4.79 Å². The van der Waals surface area contributed by atoms with Gasteiger partial charge >= 0.3 is 0 Å². The zero-order valence-electron chi connectivity index (χ0n) is 13.7. The average molecular weight is 309 g/mol. The van der Waals surface area contributed by atoms with Crippen molar-refractivity contribution in [3.63, 3.8) is 0 Å². The van der Waals surface area contributed by atoms with Crippen LogP contribution in [0, 0.1) is 12.8 Å². The highest BCUT2D eigenvalue weighted by molar-refractivity contribution is 5.83. The van der Waals surface area contributed by atoms with Crippen molar-refractivity contribution in [2.24, 2.45) is 5.92 Å². The van der Waals surface area contributed by atoms with E-state index >= 15 is 0 Å². The number of carbonyl (C=O) groups is 1. The van der Waals surface area contributed by atoms with E-state index in [0.717, 1.165) is 56.8 Å². The normalized spacial score (nSPS) is 21.3. The third-order valence-electron chi connectivity index (χ3n) is 5.14. The maximum Gasteiger partial charge on any atom is 0.227 e. The molecule has 0 spiro atoms. The molecule has 4 heteroatoms. The van der Waals surface area contributed by atoms with Crippen LogP contribution in [0.2, 0.25) is 0 Å². The lowest BCUT2D eigenvalue weighted by molar-refractivity contribution is -0.133. The second-order valence-electron chi connectivity index (χ2n) is 6.79. The van der Waals surface area contributed by atoms with E-state index in [1.807, 2.05) is 12.1 Å². The summed E-state index contributed by atoms with van der Waals surface area (Å²) < 4.78 is 0. The number of anilines is 1. The van der Waals surface area contributed by atoms with Crippen LogP contribution in [0.1, 0.15) is 24.8 Å². The summed E-state index contributed by atoms with van der Waals surface area (Å²) in [6.07, 6.45) is 3.27. The second kappa shape index (κ2) is 5.84. The molecule has 4 nitrogen and oxygen atoms in total. The molecule has 1 amide bonds. The molecular formula is C19H23N3O. The summed E-state index contributed by atoms with van der Waals surface area (Å²) in [7, 11) is 0. The monoisotopic (exact) mass is 309 g/mol. The number of aryl methyl sites for hydroxylation is 1. The van der Waals surface area contributed by atoms with E-state index in [-0.39, 0.29) is 5.92 Å². The van der Waals surface area contributed by atoms with Crippen molar-refractivity contribution in [3.05, 3.63) is 35.9 Å². The van der Waals surface area contributed by atoms with Gasteiger partial charge in [-0.2, -0.15) is 0 Å². The number of nitrogens with zero attached hydrogens (tertiary/aromatic N) is 3. The molecule has 1 unspecified atom stereocenters. The van der Waals surface area contributed by atoms with Crippen molar-refractivity contribution >= 4 is 22.6 Å². The minimum absolute atomic E-state index is 0.140. The number of para-hydroxylation sites is 1. The molecule has 4 rings (SSSR count). The minimum atomic E-state index is 0.140. The lowest BCUT2D eigenvalue weighted by Crippen LogP contribution is -2.35. The van der Waals surface area contributed by atoms with Gasteiger partial charge in [0.25, 0.3) is 0 Å². The first-order valence-corrected chi connectivity index (χ1v) is 8.62. The molecule has 2 saturated heterocycles. The van der Waals surface area contributed by atoms with Gasteiger partial charge in [0.05, 0.1) is 11.4 Å². The first-order chi connectivity index (χ1) is 11.2. The number of carbonyl (C=O) groups excluding carboxylic acids is 1. The molecule has 0 aliphatic carbocycles. The first-order valence-electron chi connectivity index (χ1n) is 8.62. The number of rotatable bonds is 2. The second-order valence-corrected chi connectivity index (χ2v) is 6.79. The fraction of sp³-hybridized carbons (Fsp3) is 0.474. The van der Waals surface area contributed by atoms with Crippen molar-refractivity contribution in [1.29, 1.82) is 0 Å². The maximum atomic E-state index is 12.6. The highest BCUT2D eigenvalue weighted by Gasteiger charge is 2.33. The largest absolute Gasteiger partial charge is 0.356 e. The minimum Gasteiger partial charge on any atom is -0.356 e. The Hall–Kier alpha value is -2.10. The van der Waals surface area contributed by atoms with Crippen LogP contribution in [0.25, 0.3) is 10.9 Å². The van der Waals surface area contributed by atoms with Gasteiger partial charge in [0.1, 0.15) is 5.82 Å². The zero-order chi connectivity index (χ0) is 15.8. The van der Waals surface area contributed by atoms with E-state index in [1.54, 1.807) is 0 Å². The van der Waals surface area contributed by atoms with E-state index in [4.69, 9.17) is 4.98 Å². The summed E-state index contributed by atoms with van der Waals surface area (Å²) >= 11 is 0. The van der Waals surface area contributed by atoms with Gasteiger partial charge in [-0.1, -0.05) is 18.2 Å². The summed E-state index contributed by atoms with van der Waals surface area (Å²) in [6.45, 7) is 5.74. The van der Waals surface area contributed by atoms with Gasteiger partial charge in [-0.25, -0.2) is 4.98 Å². The number of likely N-dealkylation sites (tertiary alicyclic amines) is 1. The zero-order valence-corrected chi connectivity index (χ0v) is 13.7. The molecule has 3 heterocycles. The fourth-order valence-electron chi connectivity index (χ4n) is 3.88. The Morgan fingerprint density at radius 1 is 1.17 bits per heavy atom. The number of pyridine rings is 1. The molecule has 0 N–H and O–H groups in total. The van der Waals surface area contributed by atoms with Crippen molar-refractivity contribution in [2.75, 3.05) is 31.1 Å². The average Bonchev–Trinajstić information content (AvgIpc) is 3.25. The van der Waals surface area contributed by atoms with Crippen LogP contribution in [0.4, 0.5) is 5.82 Å². The standard InChI is InChI=1S/C19H23N3O/c1-14-12-15-6-2-3-7-17(15)20-18(14)22-11-8-16(13-22)19(23)21-9-4-5-10-21/h2-3,6-7,12,16H,4-5,8-11,13H2,1H3. The molecule has 2 aromatic rings. The van der Waals surface area contributed by atoms with Gasteiger partial charge in [-0.15, -0.1) is 0 Å². The summed E-state index contributed by atoms with van der Waals surface area (Å²) in [6, 6.07) is 10.4. The fourth-order valence-corrected chi connectivity index (χ4v) is 3.88. The van der Waals surface area contributed by atoms with Crippen LogP contribution in [-0.4, -0.2) is 42.0 Å². The lowest BCUT2D eigenvalue weighted by atomic mass is 10.1. The van der Waals surface area contributed by atoms with Crippen LogP contribution in [0.5, 0.6) is 0 Å². The summed E-state index contributed by atoms with van der Waals surface area (Å²) in [5, 5.41) is 1.18. The number of hydrogen-bond acceptors (Lipinski definition) is 3. The third-order valence-corrected chi connectivity index (χ3v) is 5.14. The SMILES string of the molecule is Cc1cc2ccccc2nc1N1CCC(C(=O)N2CCCC2)C1. The quantitative estimate of drug-likeness (QED) is 0.855. The summed E-state index contributed by atoms with van der Waals surface area (Å²) in [5.41, 5.74) is 2.22. The van der Waals surface area contributed by atoms with E-state index in [1.165, 1.54) is 10.9 Å². The molecule has 0 saturated carbocycles. The van der Waals surface area contributed by atoms with Gasteiger partial charge in [0.2, 0.25) is 5.91 Å². The third kappa shape index (κ3) is 2.67. The molecule has 2 aliphatic heterocycles. The van der Waals surface area contributed by atoms with E-state index in [0.29, 0.717) is 5.91 Å². The van der Waals surface area contributed by atoms with Gasteiger partial charge < -0.3 is 9.80 Å². The van der Waals surface area contributed by atoms with E-state index in [9.17, 15) is 4.79 Å². The molecule has 2 aliphatic rings. The number of amides is 1. The molecule has 1 aromatic carbocycles. The topological polar surface area (TPSA) is 36.4 Å². The molecule has 0 bridgehead atoms. The molecule has 0 radical (unpaired) electrons. The Morgan fingerprint density at radius 2 is 1.96 bits per heavy atom. The van der Waals surface area contributed by atoms with Crippen LogP contribution < -0.4 is 4.90 Å². The smallest absolute Gasteiger partial charge is 0.227 e. The molecule has 2 fully saturated rings. The molecular weight excluding hydrogens is 286 g/mol. The first kappa shape index (κ1) is 14.5. The molecule has 120 valence electrons. The Morgan fingerprint density at radius 3 is 2.78 bits per heavy atom. The number of aromatic nitrogens is 1. The Labute approximate surface area is 137 Å². The van der Waals surface area contributed by atoms with E-state index in [2.05, 4.69) is 34.9 Å². The van der Waals surface area contributed by atoms with Crippen LogP contribution in [0.3, 0.4) is 0 Å². The predicted molar refractivity (Wildman–Crippen MR) is 92.6 cm³/mol. The molecule has 1 aromatic heterocycles. The predicted octanol–water partition coefficient (Wildman–Crippen LogP) is 2.99. The van der Waals surface area contributed by atoms with Crippen molar-refractivity contribution in [1.82, 2.24) is 9.88 Å². The number of hydrogen-bond donors (Lipinski definition) is 0. The number of benzene rings is 1. The van der Waals surface area contributed by atoms with Crippen LogP contribution >= 0.6 is 0 Å². The van der Waals surface area contributed by atoms with Crippen molar-refractivity contribution < 1.29 is 4.79 Å². The highest BCUT2D eigenvalue weighted by Crippen LogP contribution is 2.29. The highest BCUT2D eigenvalue weighted by atomic mass is 16.2. The molecule has 1 atom stereocenters. The van der Waals surface area contributed by atoms with Gasteiger partial charge in [0.15, 0.2) is 0 Å². The van der Waals surface area contributed by atoms with Crippen LogP contribution in [-0.2, 0) is 4.79 Å². The molecule has 23 heavy (non-hydrogen) atoms. The number of fused-ring (bicyclic) bond motifs is 1. The van der Waals surface area contributed by atoms with Crippen molar-refractivity contribution in [2.45, 2.75) is 26.2 Å². The van der Waals surface area contributed by atoms with Gasteiger partial charge in [-0.05, 0) is 43.9 Å². The Bertz CT molecular complexity index is 736.